The van der Waals surface area contributed by atoms with Crippen molar-refractivity contribution >= 4 is 6.03 Å². The molecule has 0 aromatic rings. The lowest BCUT2D eigenvalue weighted by Crippen LogP contribution is -2.50. The Labute approximate surface area is 123 Å². The van der Waals surface area contributed by atoms with Crippen molar-refractivity contribution in [1.29, 1.82) is 0 Å². The highest BCUT2D eigenvalue weighted by atomic mass is 16.3. The number of unbranched alkanes of at least 4 members (excludes halogenated alkanes) is 2. The second kappa shape index (κ2) is 8.50. The minimum atomic E-state index is 0.0452. The Morgan fingerprint density at radius 1 is 1.30 bits per heavy atom. The number of carbonyl (C=O) groups is 1. The number of hydrogen-bond donors (Lipinski definition) is 2. The van der Waals surface area contributed by atoms with E-state index >= 15 is 0 Å². The van der Waals surface area contributed by atoms with Crippen molar-refractivity contribution < 1.29 is 9.90 Å². The number of rotatable bonds is 7. The Morgan fingerprint density at radius 2 is 1.95 bits per heavy atom. The van der Waals surface area contributed by atoms with Gasteiger partial charge in [-0.1, -0.05) is 33.1 Å². The molecule has 0 aromatic carbocycles. The molecule has 2 amide bonds. The molecule has 4 heteroatoms. The lowest BCUT2D eigenvalue weighted by Gasteiger charge is -2.40. The number of hydrogen-bond acceptors (Lipinski definition) is 2. The molecule has 0 spiro atoms. The van der Waals surface area contributed by atoms with Crippen LogP contribution in [-0.4, -0.2) is 41.8 Å². The number of aliphatic hydroxyl groups is 1. The van der Waals surface area contributed by atoms with Crippen LogP contribution in [-0.2, 0) is 0 Å². The number of nitrogens with zero attached hydrogens (tertiary/aromatic N) is 1. The summed E-state index contributed by atoms with van der Waals surface area (Å²) >= 11 is 0. The topological polar surface area (TPSA) is 52.6 Å². The Balaban J connectivity index is 2.32. The van der Waals surface area contributed by atoms with E-state index in [1.807, 2.05) is 4.90 Å². The fourth-order valence-corrected chi connectivity index (χ4v) is 2.88. The number of aliphatic hydroxyl groups excluding tert-OH is 1. The first-order valence-corrected chi connectivity index (χ1v) is 8.23. The van der Waals surface area contributed by atoms with Crippen molar-refractivity contribution in [2.45, 2.75) is 71.8 Å². The lowest BCUT2D eigenvalue weighted by atomic mass is 9.77. The van der Waals surface area contributed by atoms with Crippen molar-refractivity contribution in [3.63, 3.8) is 0 Å². The second-order valence-electron chi connectivity index (χ2n) is 6.35. The predicted molar refractivity (Wildman–Crippen MR) is 82.8 cm³/mol. The number of carbonyl (C=O) groups excluding carboxylic acids is 1. The van der Waals surface area contributed by atoms with Crippen LogP contribution >= 0.6 is 0 Å². The van der Waals surface area contributed by atoms with E-state index in [1.54, 1.807) is 0 Å². The Hall–Kier alpha value is -0.770. The second-order valence-corrected chi connectivity index (χ2v) is 6.35. The van der Waals surface area contributed by atoms with Crippen molar-refractivity contribution in [3.8, 4) is 0 Å². The molecule has 1 unspecified atom stereocenters. The maximum atomic E-state index is 12.2. The molecule has 1 aliphatic rings. The van der Waals surface area contributed by atoms with Gasteiger partial charge in [0.15, 0.2) is 0 Å². The zero-order chi connectivity index (χ0) is 15.0. The fraction of sp³-hybridized carbons (Fsp3) is 0.938. The summed E-state index contributed by atoms with van der Waals surface area (Å²) in [5.74, 6) is 0. The van der Waals surface area contributed by atoms with Gasteiger partial charge in [0, 0.05) is 25.7 Å². The van der Waals surface area contributed by atoms with E-state index in [1.165, 1.54) is 19.3 Å². The van der Waals surface area contributed by atoms with Crippen LogP contribution < -0.4 is 5.32 Å². The van der Waals surface area contributed by atoms with Crippen LogP contribution in [0.1, 0.15) is 65.7 Å². The zero-order valence-corrected chi connectivity index (χ0v) is 13.5. The molecule has 0 aliphatic carbocycles. The summed E-state index contributed by atoms with van der Waals surface area (Å²) in [7, 11) is 0. The molecule has 1 heterocycles. The van der Waals surface area contributed by atoms with Gasteiger partial charge in [-0.15, -0.1) is 0 Å². The summed E-state index contributed by atoms with van der Waals surface area (Å²) in [6.07, 6.45) is 7.51. The van der Waals surface area contributed by atoms with Gasteiger partial charge in [-0.3, -0.25) is 0 Å². The number of amides is 2. The van der Waals surface area contributed by atoms with E-state index in [0.29, 0.717) is 0 Å². The SMILES string of the molecule is CCCCCC(C)NC(=O)N1CCC(CC)(CO)CC1. The van der Waals surface area contributed by atoms with Crippen LogP contribution in [0, 0.1) is 5.41 Å². The van der Waals surface area contributed by atoms with Gasteiger partial charge in [-0.2, -0.15) is 0 Å². The van der Waals surface area contributed by atoms with Gasteiger partial charge >= 0.3 is 6.03 Å². The third kappa shape index (κ3) is 4.97. The minimum Gasteiger partial charge on any atom is -0.396 e. The number of urea groups is 1. The van der Waals surface area contributed by atoms with Gasteiger partial charge in [0.1, 0.15) is 0 Å². The Morgan fingerprint density at radius 3 is 2.45 bits per heavy atom. The molecular formula is C16H32N2O2. The van der Waals surface area contributed by atoms with Gasteiger partial charge in [0.05, 0.1) is 0 Å². The molecule has 118 valence electrons. The van der Waals surface area contributed by atoms with E-state index in [-0.39, 0.29) is 24.1 Å². The molecule has 1 fully saturated rings. The third-order valence-electron chi connectivity index (χ3n) is 4.81. The molecular weight excluding hydrogens is 252 g/mol. The van der Waals surface area contributed by atoms with Crippen molar-refractivity contribution in [3.05, 3.63) is 0 Å². The fourth-order valence-electron chi connectivity index (χ4n) is 2.88. The monoisotopic (exact) mass is 284 g/mol. The van der Waals surface area contributed by atoms with Gasteiger partial charge in [-0.25, -0.2) is 4.79 Å². The van der Waals surface area contributed by atoms with Gasteiger partial charge < -0.3 is 15.3 Å². The normalized spacial score (nSPS) is 19.7. The summed E-state index contributed by atoms with van der Waals surface area (Å²) in [4.78, 5) is 14.1. The molecule has 0 radical (unpaired) electrons. The first-order chi connectivity index (χ1) is 9.56. The smallest absolute Gasteiger partial charge is 0.317 e. The maximum Gasteiger partial charge on any atom is 0.317 e. The van der Waals surface area contributed by atoms with Gasteiger partial charge in [0.2, 0.25) is 0 Å². The van der Waals surface area contributed by atoms with Gasteiger partial charge in [-0.05, 0) is 38.0 Å². The molecule has 1 rings (SSSR count). The maximum absolute atomic E-state index is 12.2. The summed E-state index contributed by atoms with van der Waals surface area (Å²) < 4.78 is 0. The van der Waals surface area contributed by atoms with Crippen molar-refractivity contribution in [1.82, 2.24) is 10.2 Å². The quantitative estimate of drug-likeness (QED) is 0.706. The summed E-state index contributed by atoms with van der Waals surface area (Å²) in [6.45, 7) is 8.18. The minimum absolute atomic E-state index is 0.0452. The zero-order valence-electron chi connectivity index (χ0n) is 13.5. The average Bonchev–Trinajstić information content (AvgIpc) is 2.47. The van der Waals surface area contributed by atoms with Crippen molar-refractivity contribution in [2.75, 3.05) is 19.7 Å². The standard InChI is InChI=1S/C16H32N2O2/c1-4-6-7-8-14(3)17-15(20)18-11-9-16(5-2,13-19)10-12-18/h14,19H,4-13H2,1-3H3,(H,17,20). The largest absolute Gasteiger partial charge is 0.396 e. The van der Waals surface area contributed by atoms with E-state index in [9.17, 15) is 9.90 Å². The lowest BCUT2D eigenvalue weighted by molar-refractivity contribution is 0.0515. The van der Waals surface area contributed by atoms with E-state index in [0.717, 1.165) is 38.8 Å². The molecule has 0 aromatic heterocycles. The van der Waals surface area contributed by atoms with E-state index < -0.39 is 0 Å². The van der Waals surface area contributed by atoms with Crippen LogP contribution in [0.25, 0.3) is 0 Å². The van der Waals surface area contributed by atoms with Crippen LogP contribution in [0.15, 0.2) is 0 Å². The molecule has 2 N–H and O–H groups in total. The molecule has 1 atom stereocenters. The van der Waals surface area contributed by atoms with Crippen LogP contribution in [0.4, 0.5) is 4.79 Å². The van der Waals surface area contributed by atoms with E-state index in [4.69, 9.17) is 0 Å². The highest BCUT2D eigenvalue weighted by Gasteiger charge is 2.33. The molecule has 20 heavy (non-hydrogen) atoms. The number of piperidine rings is 1. The summed E-state index contributed by atoms with van der Waals surface area (Å²) in [5, 5.41) is 12.6. The van der Waals surface area contributed by atoms with Crippen LogP contribution in [0.2, 0.25) is 0 Å². The van der Waals surface area contributed by atoms with Gasteiger partial charge in [0.25, 0.3) is 0 Å². The number of nitrogens with one attached hydrogen (secondary N) is 1. The van der Waals surface area contributed by atoms with Crippen LogP contribution in [0.3, 0.4) is 0 Å². The third-order valence-corrected chi connectivity index (χ3v) is 4.81. The molecule has 1 saturated heterocycles. The van der Waals surface area contributed by atoms with Crippen LogP contribution in [0.5, 0.6) is 0 Å². The summed E-state index contributed by atoms with van der Waals surface area (Å²) in [5.41, 5.74) is 0.0452. The predicted octanol–water partition coefficient (Wildman–Crippen LogP) is 3.15. The molecule has 4 nitrogen and oxygen atoms in total. The Kier molecular flexibility index (Phi) is 7.35. The molecule has 0 bridgehead atoms. The first kappa shape index (κ1) is 17.3. The average molecular weight is 284 g/mol. The van der Waals surface area contributed by atoms with E-state index in [2.05, 4.69) is 26.1 Å². The Bertz CT molecular complexity index is 280. The summed E-state index contributed by atoms with van der Waals surface area (Å²) in [6, 6.07) is 0.321. The highest BCUT2D eigenvalue weighted by molar-refractivity contribution is 5.74. The first-order valence-electron chi connectivity index (χ1n) is 8.23. The van der Waals surface area contributed by atoms with Crippen molar-refractivity contribution in [2.24, 2.45) is 5.41 Å². The molecule has 0 saturated carbocycles. The molecule has 1 aliphatic heterocycles. The number of likely N-dealkylation sites (tertiary alicyclic amines) is 1. The highest BCUT2D eigenvalue weighted by Crippen LogP contribution is 2.34.